The summed E-state index contributed by atoms with van der Waals surface area (Å²) in [5, 5.41) is 22.9. The molecule has 0 bridgehead atoms. The summed E-state index contributed by atoms with van der Waals surface area (Å²) in [6, 6.07) is 0. The molecular formula is C12H18N6O2. The molecule has 0 saturated heterocycles. The maximum absolute atomic E-state index is 11.3. The van der Waals surface area contributed by atoms with Gasteiger partial charge in [0.25, 0.3) is 0 Å². The number of hydrogen-bond acceptors (Lipinski definition) is 5. The van der Waals surface area contributed by atoms with Gasteiger partial charge < -0.3 is 5.32 Å². The van der Waals surface area contributed by atoms with Gasteiger partial charge in [0, 0.05) is 20.3 Å². The molecule has 8 nitrogen and oxygen atoms in total. The van der Waals surface area contributed by atoms with Crippen LogP contribution in [0.3, 0.4) is 0 Å². The highest BCUT2D eigenvalue weighted by atomic mass is 16.6. The van der Waals surface area contributed by atoms with E-state index < -0.39 is 4.92 Å². The van der Waals surface area contributed by atoms with E-state index >= 15 is 0 Å². The summed E-state index contributed by atoms with van der Waals surface area (Å²) in [4.78, 5) is 10.9. The SMILES string of the molecule is CCc1nn(C)cc1Nc1c([N+](=O)[O-])c(CC)nn1C. The van der Waals surface area contributed by atoms with Crippen LogP contribution in [0.25, 0.3) is 0 Å². The first-order valence-electron chi connectivity index (χ1n) is 6.47. The maximum Gasteiger partial charge on any atom is 0.334 e. The Hall–Kier alpha value is -2.38. The average Bonchev–Trinajstić information content (AvgIpc) is 2.90. The molecular weight excluding hydrogens is 260 g/mol. The molecule has 0 aliphatic carbocycles. The molecule has 108 valence electrons. The van der Waals surface area contributed by atoms with Crippen molar-refractivity contribution in [1.82, 2.24) is 19.6 Å². The summed E-state index contributed by atoms with van der Waals surface area (Å²) >= 11 is 0. The van der Waals surface area contributed by atoms with Crippen molar-refractivity contribution >= 4 is 17.2 Å². The summed E-state index contributed by atoms with van der Waals surface area (Å²) in [6.45, 7) is 3.84. The molecule has 0 atom stereocenters. The highest BCUT2D eigenvalue weighted by Crippen LogP contribution is 2.31. The van der Waals surface area contributed by atoms with E-state index in [-0.39, 0.29) is 5.69 Å². The quantitative estimate of drug-likeness (QED) is 0.666. The minimum atomic E-state index is -0.393. The number of rotatable bonds is 5. The zero-order chi connectivity index (χ0) is 14.9. The van der Waals surface area contributed by atoms with Crippen LogP contribution in [0.15, 0.2) is 6.20 Å². The number of aromatic nitrogens is 4. The lowest BCUT2D eigenvalue weighted by Crippen LogP contribution is -2.02. The van der Waals surface area contributed by atoms with Gasteiger partial charge in [-0.15, -0.1) is 0 Å². The van der Waals surface area contributed by atoms with E-state index in [0.717, 1.165) is 17.8 Å². The largest absolute Gasteiger partial charge is 0.334 e. The molecule has 0 aromatic carbocycles. The Morgan fingerprint density at radius 2 is 1.90 bits per heavy atom. The van der Waals surface area contributed by atoms with Crippen molar-refractivity contribution in [1.29, 1.82) is 0 Å². The van der Waals surface area contributed by atoms with Crippen LogP contribution >= 0.6 is 0 Å². The molecule has 0 saturated carbocycles. The van der Waals surface area contributed by atoms with Gasteiger partial charge in [-0.25, -0.2) is 4.68 Å². The molecule has 0 radical (unpaired) electrons. The third-order valence-electron chi connectivity index (χ3n) is 3.10. The monoisotopic (exact) mass is 278 g/mol. The van der Waals surface area contributed by atoms with Crippen LogP contribution in [0.4, 0.5) is 17.2 Å². The van der Waals surface area contributed by atoms with Gasteiger partial charge in [0.2, 0.25) is 5.82 Å². The summed E-state index contributed by atoms with van der Waals surface area (Å²) in [6.07, 6.45) is 3.07. The molecule has 2 aromatic heterocycles. The molecule has 0 amide bonds. The Balaban J connectivity index is 2.47. The van der Waals surface area contributed by atoms with E-state index in [2.05, 4.69) is 15.5 Å². The standard InChI is InChI=1S/C12H18N6O2/c1-5-8-10(7-16(3)14-8)13-12-11(18(19)20)9(6-2)15-17(12)4/h7,13H,5-6H2,1-4H3. The smallest absolute Gasteiger partial charge is 0.332 e. The molecule has 0 spiro atoms. The molecule has 2 rings (SSSR count). The third kappa shape index (κ3) is 2.36. The Bertz CT molecular complexity index is 643. The molecule has 1 N–H and O–H groups in total. The van der Waals surface area contributed by atoms with Gasteiger partial charge in [0.1, 0.15) is 5.69 Å². The summed E-state index contributed by atoms with van der Waals surface area (Å²) in [7, 11) is 3.51. The van der Waals surface area contributed by atoms with Crippen LogP contribution in [0, 0.1) is 10.1 Å². The van der Waals surface area contributed by atoms with E-state index in [9.17, 15) is 10.1 Å². The Morgan fingerprint density at radius 1 is 1.25 bits per heavy atom. The number of nitrogens with one attached hydrogen (secondary N) is 1. The summed E-state index contributed by atoms with van der Waals surface area (Å²) < 4.78 is 3.19. The second-order valence-corrected chi connectivity index (χ2v) is 4.52. The second-order valence-electron chi connectivity index (χ2n) is 4.52. The highest BCUT2D eigenvalue weighted by Gasteiger charge is 2.26. The van der Waals surface area contributed by atoms with Crippen LogP contribution in [0.2, 0.25) is 0 Å². The van der Waals surface area contributed by atoms with Crippen molar-refractivity contribution in [3.63, 3.8) is 0 Å². The van der Waals surface area contributed by atoms with Crippen molar-refractivity contribution < 1.29 is 4.92 Å². The molecule has 0 fully saturated rings. The van der Waals surface area contributed by atoms with Crippen molar-refractivity contribution in [3.05, 3.63) is 27.7 Å². The van der Waals surface area contributed by atoms with Crippen molar-refractivity contribution in [2.24, 2.45) is 14.1 Å². The minimum Gasteiger partial charge on any atom is -0.332 e. The lowest BCUT2D eigenvalue weighted by Gasteiger charge is -2.05. The number of hydrogen-bond donors (Lipinski definition) is 1. The third-order valence-corrected chi connectivity index (χ3v) is 3.10. The number of nitrogens with zero attached hydrogens (tertiary/aromatic N) is 5. The van der Waals surface area contributed by atoms with Crippen molar-refractivity contribution in [2.75, 3.05) is 5.32 Å². The van der Waals surface area contributed by atoms with Crippen LogP contribution in [-0.4, -0.2) is 24.5 Å². The van der Waals surface area contributed by atoms with Crippen molar-refractivity contribution in [3.8, 4) is 0 Å². The normalized spacial score (nSPS) is 10.8. The molecule has 2 heterocycles. The van der Waals surface area contributed by atoms with Gasteiger partial charge in [0.05, 0.1) is 16.3 Å². The highest BCUT2D eigenvalue weighted by molar-refractivity contribution is 5.68. The van der Waals surface area contributed by atoms with Gasteiger partial charge in [-0.1, -0.05) is 13.8 Å². The zero-order valence-electron chi connectivity index (χ0n) is 12.0. The van der Waals surface area contributed by atoms with E-state index in [1.807, 2.05) is 20.9 Å². The second kappa shape index (κ2) is 5.32. The van der Waals surface area contributed by atoms with Gasteiger partial charge in [0.15, 0.2) is 0 Å². The number of anilines is 2. The van der Waals surface area contributed by atoms with Gasteiger partial charge >= 0.3 is 5.69 Å². The molecule has 20 heavy (non-hydrogen) atoms. The molecule has 0 aliphatic heterocycles. The first kappa shape index (κ1) is 14.0. The van der Waals surface area contributed by atoms with Gasteiger partial charge in [-0.05, 0) is 12.8 Å². The molecule has 2 aromatic rings. The molecule has 8 heteroatoms. The van der Waals surface area contributed by atoms with E-state index in [1.165, 1.54) is 4.68 Å². The predicted octanol–water partition coefficient (Wildman–Crippen LogP) is 1.93. The van der Waals surface area contributed by atoms with Crippen LogP contribution in [0.5, 0.6) is 0 Å². The lowest BCUT2D eigenvalue weighted by molar-refractivity contribution is -0.384. The Morgan fingerprint density at radius 3 is 2.45 bits per heavy atom. The van der Waals surface area contributed by atoms with Crippen LogP contribution in [0.1, 0.15) is 25.2 Å². The van der Waals surface area contributed by atoms with E-state index in [4.69, 9.17) is 0 Å². The maximum atomic E-state index is 11.3. The van der Waals surface area contributed by atoms with Crippen molar-refractivity contribution in [2.45, 2.75) is 26.7 Å². The Kier molecular flexibility index (Phi) is 3.73. The molecule has 0 aliphatic rings. The van der Waals surface area contributed by atoms with Gasteiger partial charge in [-0.3, -0.25) is 14.8 Å². The van der Waals surface area contributed by atoms with E-state index in [0.29, 0.717) is 17.9 Å². The number of aryl methyl sites for hydroxylation is 4. The first-order chi connectivity index (χ1) is 9.47. The predicted molar refractivity (Wildman–Crippen MR) is 75.1 cm³/mol. The fraction of sp³-hybridized carbons (Fsp3) is 0.500. The minimum absolute atomic E-state index is 0.0286. The fourth-order valence-electron chi connectivity index (χ4n) is 2.17. The topological polar surface area (TPSA) is 90.8 Å². The Labute approximate surface area is 116 Å². The molecule has 0 unspecified atom stereocenters. The first-order valence-corrected chi connectivity index (χ1v) is 6.47. The van der Waals surface area contributed by atoms with Crippen LogP contribution < -0.4 is 5.32 Å². The summed E-state index contributed by atoms with van der Waals surface area (Å²) in [5.74, 6) is 0.384. The van der Waals surface area contributed by atoms with Crippen LogP contribution in [-0.2, 0) is 26.9 Å². The number of nitro groups is 1. The fourth-order valence-corrected chi connectivity index (χ4v) is 2.17. The average molecular weight is 278 g/mol. The van der Waals surface area contributed by atoms with Gasteiger partial charge in [-0.2, -0.15) is 10.2 Å². The van der Waals surface area contributed by atoms with E-state index in [1.54, 1.807) is 17.9 Å². The zero-order valence-corrected chi connectivity index (χ0v) is 12.0. The summed E-state index contributed by atoms with van der Waals surface area (Å²) in [5.41, 5.74) is 2.13. The lowest BCUT2D eigenvalue weighted by atomic mass is 10.2.